The Labute approximate surface area is 134 Å². The zero-order valence-electron chi connectivity index (χ0n) is 12.8. The Morgan fingerprint density at radius 1 is 0.958 bits per heavy atom. The van der Waals surface area contributed by atoms with Crippen LogP contribution < -0.4 is 10.1 Å². The SMILES string of the molecule is CCO[Si](CNC(=O)Oc1c(F)c(F)c(F)c(F)c1F)(OC)OC. The lowest BCUT2D eigenvalue weighted by Crippen LogP contribution is -2.54. The van der Waals surface area contributed by atoms with Crippen molar-refractivity contribution in [2.75, 3.05) is 27.0 Å². The minimum Gasteiger partial charge on any atom is -0.404 e. The molecule has 0 aliphatic carbocycles. The van der Waals surface area contributed by atoms with Crippen molar-refractivity contribution in [3.8, 4) is 5.75 Å². The van der Waals surface area contributed by atoms with Crippen molar-refractivity contribution in [2.45, 2.75) is 6.92 Å². The van der Waals surface area contributed by atoms with Gasteiger partial charge in [-0.2, -0.15) is 8.78 Å². The number of hydrogen-bond donors (Lipinski definition) is 1. The van der Waals surface area contributed by atoms with Gasteiger partial charge in [-0.05, 0) is 6.92 Å². The lowest BCUT2D eigenvalue weighted by Gasteiger charge is -2.25. The van der Waals surface area contributed by atoms with Gasteiger partial charge in [0.2, 0.25) is 34.8 Å². The highest BCUT2D eigenvalue weighted by Crippen LogP contribution is 2.29. The first kappa shape index (κ1) is 20.3. The van der Waals surface area contributed by atoms with Crippen LogP contribution in [0.15, 0.2) is 0 Å². The summed E-state index contributed by atoms with van der Waals surface area (Å²) in [4.78, 5) is 11.6. The summed E-state index contributed by atoms with van der Waals surface area (Å²) >= 11 is 0. The lowest BCUT2D eigenvalue weighted by atomic mass is 10.3. The Bertz CT molecular complexity index is 585. The van der Waals surface area contributed by atoms with E-state index in [1.54, 1.807) is 6.92 Å². The van der Waals surface area contributed by atoms with Gasteiger partial charge in [0.05, 0.1) is 6.17 Å². The molecule has 0 saturated carbocycles. The second kappa shape index (κ2) is 8.37. The van der Waals surface area contributed by atoms with Gasteiger partial charge >= 0.3 is 14.9 Å². The number of carbonyl (C=O) groups is 1. The van der Waals surface area contributed by atoms with Gasteiger partial charge in [0.25, 0.3) is 0 Å². The van der Waals surface area contributed by atoms with Crippen molar-refractivity contribution < 1.29 is 44.8 Å². The molecule has 1 aromatic carbocycles. The molecule has 0 saturated heterocycles. The molecule has 0 bridgehead atoms. The monoisotopic (exact) mass is 375 g/mol. The van der Waals surface area contributed by atoms with Gasteiger partial charge in [0.15, 0.2) is 0 Å². The van der Waals surface area contributed by atoms with E-state index in [9.17, 15) is 26.7 Å². The average Bonchev–Trinajstić information content (AvgIpc) is 2.59. The normalized spacial score (nSPS) is 11.5. The minimum absolute atomic E-state index is 0.183. The summed E-state index contributed by atoms with van der Waals surface area (Å²) in [6.07, 6.45) is -1.84. The molecule has 0 spiro atoms. The number of rotatable bonds is 7. The molecule has 0 aromatic heterocycles. The fourth-order valence-electron chi connectivity index (χ4n) is 1.60. The Balaban J connectivity index is 2.90. The maximum absolute atomic E-state index is 13.4. The van der Waals surface area contributed by atoms with Crippen LogP contribution in [0.1, 0.15) is 6.92 Å². The molecule has 136 valence electrons. The molecule has 24 heavy (non-hydrogen) atoms. The predicted molar refractivity (Wildman–Crippen MR) is 71.7 cm³/mol. The standard InChI is InChI=1S/C12H14F5NO5Si/c1-4-22-24(20-2,21-3)5-18-12(19)23-11-9(16)7(14)6(13)8(15)10(11)17/h4-5H2,1-3H3,(H,18,19). The third kappa shape index (κ3) is 4.20. The van der Waals surface area contributed by atoms with Gasteiger partial charge < -0.3 is 23.3 Å². The van der Waals surface area contributed by atoms with Crippen LogP contribution in [0.25, 0.3) is 0 Å². The van der Waals surface area contributed by atoms with E-state index in [-0.39, 0.29) is 12.8 Å². The van der Waals surface area contributed by atoms with E-state index in [0.717, 1.165) is 0 Å². The highest BCUT2D eigenvalue weighted by atomic mass is 28.4. The molecular weight excluding hydrogens is 361 g/mol. The van der Waals surface area contributed by atoms with Crippen LogP contribution in [0.3, 0.4) is 0 Å². The van der Waals surface area contributed by atoms with Gasteiger partial charge in [0, 0.05) is 20.8 Å². The summed E-state index contributed by atoms with van der Waals surface area (Å²) in [7, 11) is -0.784. The molecular formula is C12H14F5NO5Si. The molecule has 0 unspecified atom stereocenters. The number of amides is 1. The molecule has 0 fully saturated rings. The van der Waals surface area contributed by atoms with Gasteiger partial charge in [-0.15, -0.1) is 0 Å². The maximum Gasteiger partial charge on any atom is 0.520 e. The summed E-state index contributed by atoms with van der Waals surface area (Å²) in [5, 5.41) is 2.02. The largest absolute Gasteiger partial charge is 0.520 e. The summed E-state index contributed by atoms with van der Waals surface area (Å²) in [5.74, 6) is -13.1. The highest BCUT2D eigenvalue weighted by Gasteiger charge is 2.40. The zero-order valence-corrected chi connectivity index (χ0v) is 13.8. The summed E-state index contributed by atoms with van der Waals surface area (Å²) in [6.45, 7) is 1.81. The molecule has 0 heterocycles. The van der Waals surface area contributed by atoms with Crippen molar-refractivity contribution in [2.24, 2.45) is 0 Å². The predicted octanol–water partition coefficient (Wildman–Crippen LogP) is 2.28. The van der Waals surface area contributed by atoms with Crippen LogP contribution in [0, 0.1) is 29.1 Å². The molecule has 6 nitrogen and oxygen atoms in total. The third-order valence-electron chi connectivity index (χ3n) is 2.80. The van der Waals surface area contributed by atoms with Gasteiger partial charge in [-0.3, -0.25) is 0 Å². The highest BCUT2D eigenvalue weighted by molar-refractivity contribution is 6.61. The quantitative estimate of drug-likeness (QED) is 0.343. The fourth-order valence-corrected chi connectivity index (χ4v) is 3.19. The van der Waals surface area contributed by atoms with E-state index in [1.165, 1.54) is 14.2 Å². The van der Waals surface area contributed by atoms with Crippen molar-refractivity contribution in [1.82, 2.24) is 5.32 Å². The van der Waals surface area contributed by atoms with Crippen LogP contribution in [0.2, 0.25) is 0 Å². The Kier molecular flexibility index (Phi) is 7.07. The van der Waals surface area contributed by atoms with Crippen LogP contribution in [-0.2, 0) is 13.3 Å². The van der Waals surface area contributed by atoms with Crippen molar-refractivity contribution in [3.05, 3.63) is 29.1 Å². The third-order valence-corrected chi connectivity index (χ3v) is 5.38. The molecule has 1 N–H and O–H groups in total. The van der Waals surface area contributed by atoms with E-state index < -0.39 is 49.7 Å². The van der Waals surface area contributed by atoms with Crippen LogP contribution >= 0.6 is 0 Å². The molecule has 0 aliphatic rings. The van der Waals surface area contributed by atoms with Crippen LogP contribution in [-0.4, -0.2) is 41.9 Å². The lowest BCUT2D eigenvalue weighted by molar-refractivity contribution is 0.101. The zero-order chi connectivity index (χ0) is 18.5. The molecule has 1 rings (SSSR count). The molecule has 0 radical (unpaired) electrons. The Morgan fingerprint density at radius 2 is 1.42 bits per heavy atom. The first-order chi connectivity index (χ1) is 11.2. The summed E-state index contributed by atoms with van der Waals surface area (Å²) in [5.41, 5.74) is 0. The summed E-state index contributed by atoms with van der Waals surface area (Å²) in [6, 6.07) is 0. The molecule has 1 amide bonds. The van der Waals surface area contributed by atoms with E-state index in [4.69, 9.17) is 13.3 Å². The van der Waals surface area contributed by atoms with E-state index >= 15 is 0 Å². The molecule has 12 heteroatoms. The van der Waals surface area contributed by atoms with E-state index in [1.807, 2.05) is 5.32 Å². The van der Waals surface area contributed by atoms with Crippen LogP contribution in [0.5, 0.6) is 5.75 Å². The topological polar surface area (TPSA) is 66.0 Å². The molecule has 1 aromatic rings. The first-order valence-corrected chi connectivity index (χ1v) is 8.37. The second-order valence-corrected chi connectivity index (χ2v) is 6.99. The summed E-state index contributed by atoms with van der Waals surface area (Å²) < 4.78 is 85.2. The molecule has 0 aliphatic heterocycles. The van der Waals surface area contributed by atoms with Gasteiger partial charge in [-0.1, -0.05) is 0 Å². The van der Waals surface area contributed by atoms with Crippen molar-refractivity contribution in [1.29, 1.82) is 0 Å². The second-order valence-electron chi connectivity index (χ2n) is 4.17. The Morgan fingerprint density at radius 3 is 1.83 bits per heavy atom. The number of halogens is 5. The van der Waals surface area contributed by atoms with E-state index in [0.29, 0.717) is 0 Å². The molecule has 0 atom stereocenters. The first-order valence-electron chi connectivity index (χ1n) is 6.44. The average molecular weight is 375 g/mol. The van der Waals surface area contributed by atoms with Crippen molar-refractivity contribution >= 4 is 14.9 Å². The number of ether oxygens (including phenoxy) is 1. The number of carbonyl (C=O) groups excluding carboxylic acids is 1. The van der Waals surface area contributed by atoms with E-state index in [2.05, 4.69) is 4.74 Å². The fraction of sp³-hybridized carbons (Fsp3) is 0.417. The number of nitrogens with one attached hydrogen (secondary N) is 1. The maximum atomic E-state index is 13.4. The smallest absolute Gasteiger partial charge is 0.404 e. The van der Waals surface area contributed by atoms with Gasteiger partial charge in [0.1, 0.15) is 0 Å². The minimum atomic E-state index is -3.29. The Hall–Kier alpha value is -1.76. The number of benzene rings is 1. The van der Waals surface area contributed by atoms with Crippen LogP contribution in [0.4, 0.5) is 26.7 Å². The number of hydrogen-bond acceptors (Lipinski definition) is 5. The van der Waals surface area contributed by atoms with Crippen molar-refractivity contribution in [3.63, 3.8) is 0 Å². The van der Waals surface area contributed by atoms with Gasteiger partial charge in [-0.25, -0.2) is 18.0 Å².